The Morgan fingerprint density at radius 1 is 1.36 bits per heavy atom. The third-order valence-electron chi connectivity index (χ3n) is 3.27. The Labute approximate surface area is 85.1 Å². The van der Waals surface area contributed by atoms with Gasteiger partial charge in [-0.1, -0.05) is 31.2 Å². The van der Waals surface area contributed by atoms with Crippen LogP contribution < -0.4 is 0 Å². The van der Waals surface area contributed by atoms with Gasteiger partial charge in [-0.25, -0.2) is 0 Å². The van der Waals surface area contributed by atoms with Crippen molar-refractivity contribution in [2.75, 3.05) is 0 Å². The molecule has 0 spiro atoms. The maximum Gasteiger partial charge on any atom is 0.137 e. The zero-order valence-corrected chi connectivity index (χ0v) is 8.79. The number of Topliss-reactive ketones (excluding diaryl/α,β-unsaturated/α-hetero) is 1. The van der Waals surface area contributed by atoms with E-state index in [0.717, 1.165) is 12.8 Å². The van der Waals surface area contributed by atoms with E-state index in [1.54, 1.807) is 6.92 Å². The highest BCUT2D eigenvalue weighted by atomic mass is 16.1. The van der Waals surface area contributed by atoms with Crippen LogP contribution in [0.4, 0.5) is 0 Å². The van der Waals surface area contributed by atoms with Crippen LogP contribution in [0.15, 0.2) is 24.3 Å². The minimum atomic E-state index is 0.139. The largest absolute Gasteiger partial charge is 0.299 e. The Kier molecular flexibility index (Phi) is 2.40. The maximum atomic E-state index is 11.6. The summed E-state index contributed by atoms with van der Waals surface area (Å²) in [5.74, 6) is 0.951. The number of aryl methyl sites for hydroxylation is 1. The Bertz CT molecular complexity index is 354. The molecule has 74 valence electrons. The van der Waals surface area contributed by atoms with E-state index in [9.17, 15) is 4.79 Å². The molecule has 1 aromatic carbocycles. The minimum Gasteiger partial charge on any atom is -0.299 e. The number of ketones is 1. The highest BCUT2D eigenvalue weighted by molar-refractivity contribution is 5.84. The average molecular weight is 188 g/mol. The topological polar surface area (TPSA) is 17.1 Å². The van der Waals surface area contributed by atoms with Gasteiger partial charge in [0.05, 0.1) is 0 Å². The molecule has 0 aliphatic heterocycles. The van der Waals surface area contributed by atoms with Crippen molar-refractivity contribution < 1.29 is 4.79 Å². The Balaban J connectivity index is 2.46. The van der Waals surface area contributed by atoms with Crippen LogP contribution in [0, 0.1) is 5.92 Å². The van der Waals surface area contributed by atoms with Crippen molar-refractivity contribution in [1.29, 1.82) is 0 Å². The fourth-order valence-corrected chi connectivity index (χ4v) is 2.54. The second kappa shape index (κ2) is 3.56. The first-order chi connectivity index (χ1) is 6.70. The molecule has 0 heterocycles. The summed E-state index contributed by atoms with van der Waals surface area (Å²) in [6, 6.07) is 8.35. The maximum absolute atomic E-state index is 11.6. The quantitative estimate of drug-likeness (QED) is 0.662. The molecule has 1 aliphatic rings. The number of carbonyl (C=O) groups excluding carboxylic acids is 1. The van der Waals surface area contributed by atoms with E-state index in [-0.39, 0.29) is 5.92 Å². The molecule has 1 aromatic rings. The fraction of sp³-hybridized carbons (Fsp3) is 0.462. The number of hydrogen-bond acceptors (Lipinski definition) is 1. The van der Waals surface area contributed by atoms with E-state index < -0.39 is 0 Å². The van der Waals surface area contributed by atoms with Crippen LogP contribution >= 0.6 is 0 Å². The van der Waals surface area contributed by atoms with Crippen molar-refractivity contribution in [1.82, 2.24) is 0 Å². The lowest BCUT2D eigenvalue weighted by atomic mass is 9.74. The van der Waals surface area contributed by atoms with Crippen molar-refractivity contribution in [2.45, 2.75) is 32.6 Å². The average Bonchev–Trinajstić information content (AvgIpc) is 2.17. The zero-order chi connectivity index (χ0) is 10.1. The van der Waals surface area contributed by atoms with Crippen molar-refractivity contribution in [3.63, 3.8) is 0 Å². The van der Waals surface area contributed by atoms with Crippen LogP contribution in [-0.4, -0.2) is 5.78 Å². The third-order valence-corrected chi connectivity index (χ3v) is 3.27. The number of fused-ring (bicyclic) bond motifs is 1. The van der Waals surface area contributed by atoms with Crippen molar-refractivity contribution >= 4 is 5.78 Å². The lowest BCUT2D eigenvalue weighted by Gasteiger charge is -2.29. The van der Waals surface area contributed by atoms with Crippen LogP contribution in [0.25, 0.3) is 0 Å². The first-order valence-electron chi connectivity index (χ1n) is 5.28. The van der Waals surface area contributed by atoms with Crippen LogP contribution in [0.5, 0.6) is 0 Å². The number of benzene rings is 1. The molecule has 1 nitrogen and oxygen atoms in total. The fourth-order valence-electron chi connectivity index (χ4n) is 2.54. The summed E-state index contributed by atoms with van der Waals surface area (Å²) in [5, 5.41) is 0. The van der Waals surface area contributed by atoms with Gasteiger partial charge in [0, 0.05) is 5.92 Å². The minimum absolute atomic E-state index is 0.139. The van der Waals surface area contributed by atoms with Gasteiger partial charge in [0.25, 0.3) is 0 Å². The van der Waals surface area contributed by atoms with E-state index in [2.05, 4.69) is 25.1 Å². The standard InChI is InChI=1S/C13H16O/c1-9-7-8-11-5-3-4-6-12(11)13(9)10(2)14/h3-6,9,13H,7-8H2,1-2H3/t9-,13-/m1/s1. The molecule has 0 aromatic heterocycles. The molecule has 0 fully saturated rings. The Hall–Kier alpha value is -1.11. The molecule has 0 amide bonds. The predicted octanol–water partition coefficient (Wildman–Crippen LogP) is 2.94. The summed E-state index contributed by atoms with van der Waals surface area (Å²) in [6.07, 6.45) is 2.27. The molecule has 0 N–H and O–H groups in total. The molecule has 0 saturated heterocycles. The van der Waals surface area contributed by atoms with Crippen molar-refractivity contribution in [3.05, 3.63) is 35.4 Å². The molecule has 0 radical (unpaired) electrons. The van der Waals surface area contributed by atoms with E-state index in [1.165, 1.54) is 11.1 Å². The van der Waals surface area contributed by atoms with Gasteiger partial charge >= 0.3 is 0 Å². The zero-order valence-electron chi connectivity index (χ0n) is 8.79. The van der Waals surface area contributed by atoms with Crippen LogP contribution in [0.3, 0.4) is 0 Å². The molecule has 0 saturated carbocycles. The molecule has 1 aliphatic carbocycles. The van der Waals surface area contributed by atoms with Crippen LogP contribution in [-0.2, 0) is 11.2 Å². The second-order valence-electron chi connectivity index (χ2n) is 4.30. The number of hydrogen-bond donors (Lipinski definition) is 0. The molecule has 2 rings (SSSR count). The molecule has 0 unspecified atom stereocenters. The second-order valence-corrected chi connectivity index (χ2v) is 4.30. The van der Waals surface area contributed by atoms with Gasteiger partial charge in [0.1, 0.15) is 5.78 Å². The third kappa shape index (κ3) is 1.47. The van der Waals surface area contributed by atoms with Crippen molar-refractivity contribution in [3.8, 4) is 0 Å². The number of carbonyl (C=O) groups is 1. The van der Waals surface area contributed by atoms with E-state index in [1.807, 2.05) is 6.07 Å². The van der Waals surface area contributed by atoms with E-state index >= 15 is 0 Å². The monoisotopic (exact) mass is 188 g/mol. The van der Waals surface area contributed by atoms with Gasteiger partial charge < -0.3 is 0 Å². The highest BCUT2D eigenvalue weighted by Crippen LogP contribution is 2.36. The predicted molar refractivity (Wildman–Crippen MR) is 57.3 cm³/mol. The molecule has 0 bridgehead atoms. The van der Waals surface area contributed by atoms with Gasteiger partial charge in [0.2, 0.25) is 0 Å². The highest BCUT2D eigenvalue weighted by Gasteiger charge is 2.29. The Morgan fingerprint density at radius 3 is 2.79 bits per heavy atom. The summed E-state index contributed by atoms with van der Waals surface area (Å²) >= 11 is 0. The summed E-state index contributed by atoms with van der Waals surface area (Å²) in [7, 11) is 0. The van der Waals surface area contributed by atoms with Crippen LogP contribution in [0.1, 0.15) is 37.3 Å². The lowest BCUT2D eigenvalue weighted by molar-refractivity contribution is -0.119. The van der Waals surface area contributed by atoms with Gasteiger partial charge in [-0.15, -0.1) is 0 Å². The smallest absolute Gasteiger partial charge is 0.137 e. The first kappa shape index (κ1) is 9.45. The molecular formula is C13H16O. The van der Waals surface area contributed by atoms with Gasteiger partial charge in [0.15, 0.2) is 0 Å². The van der Waals surface area contributed by atoms with Gasteiger partial charge in [-0.3, -0.25) is 4.79 Å². The summed E-state index contributed by atoms with van der Waals surface area (Å²) < 4.78 is 0. The lowest BCUT2D eigenvalue weighted by Crippen LogP contribution is -2.23. The summed E-state index contributed by atoms with van der Waals surface area (Å²) in [4.78, 5) is 11.6. The molecule has 1 heteroatoms. The van der Waals surface area contributed by atoms with Crippen LogP contribution in [0.2, 0.25) is 0 Å². The van der Waals surface area contributed by atoms with Gasteiger partial charge in [-0.05, 0) is 36.8 Å². The van der Waals surface area contributed by atoms with E-state index in [4.69, 9.17) is 0 Å². The number of rotatable bonds is 1. The normalized spacial score (nSPS) is 25.6. The Morgan fingerprint density at radius 2 is 2.07 bits per heavy atom. The molecule has 2 atom stereocenters. The summed E-state index contributed by atoms with van der Waals surface area (Å²) in [6.45, 7) is 3.89. The van der Waals surface area contributed by atoms with E-state index in [0.29, 0.717) is 11.7 Å². The SMILES string of the molecule is CC(=O)[C@@H]1c2ccccc2CC[C@H]1C. The molecule has 14 heavy (non-hydrogen) atoms. The van der Waals surface area contributed by atoms with Crippen molar-refractivity contribution in [2.24, 2.45) is 5.92 Å². The molecular weight excluding hydrogens is 172 g/mol. The van der Waals surface area contributed by atoms with Gasteiger partial charge in [-0.2, -0.15) is 0 Å². The summed E-state index contributed by atoms with van der Waals surface area (Å²) in [5.41, 5.74) is 2.63. The first-order valence-corrected chi connectivity index (χ1v) is 5.28.